The molecular weight excluding hydrogens is 274 g/mol. The third-order valence-electron chi connectivity index (χ3n) is 2.61. The van der Waals surface area contributed by atoms with Crippen molar-refractivity contribution in [1.82, 2.24) is 0 Å². The van der Waals surface area contributed by atoms with Gasteiger partial charge in [-0.25, -0.2) is 0 Å². The molecule has 100 valence electrons. The van der Waals surface area contributed by atoms with Crippen LogP contribution in [0, 0.1) is 0 Å². The fourth-order valence-electron chi connectivity index (χ4n) is 1.74. The van der Waals surface area contributed by atoms with Crippen molar-refractivity contribution in [1.29, 1.82) is 0 Å². The molecule has 0 bridgehead atoms. The van der Waals surface area contributed by atoms with E-state index in [-0.39, 0.29) is 12.4 Å². The Kier molecular flexibility index (Phi) is 4.35. The molecule has 0 unspecified atom stereocenters. The van der Waals surface area contributed by atoms with Gasteiger partial charge in [0.25, 0.3) is 0 Å². The fraction of sp³-hybridized carbons (Fsp3) is 0.143. The van der Waals surface area contributed by atoms with E-state index >= 15 is 0 Å². The molecule has 2 nitrogen and oxygen atoms in total. The number of hydrogen-bond acceptors (Lipinski definition) is 2. The molecule has 2 rings (SSSR count). The number of alkyl halides is 2. The van der Waals surface area contributed by atoms with E-state index in [1.807, 2.05) is 6.07 Å². The highest BCUT2D eigenvalue weighted by molar-refractivity contribution is 6.30. The van der Waals surface area contributed by atoms with E-state index in [4.69, 9.17) is 16.7 Å². The Morgan fingerprint density at radius 2 is 1.84 bits per heavy atom. The van der Waals surface area contributed by atoms with Gasteiger partial charge in [-0.1, -0.05) is 35.9 Å². The quantitative estimate of drug-likeness (QED) is 0.916. The molecule has 5 heteroatoms. The smallest absolute Gasteiger partial charge is 0.387 e. The zero-order valence-corrected chi connectivity index (χ0v) is 10.6. The first kappa shape index (κ1) is 13.8. The van der Waals surface area contributed by atoms with Gasteiger partial charge in [-0.3, -0.25) is 0 Å². The summed E-state index contributed by atoms with van der Waals surface area (Å²) in [7, 11) is 0. The van der Waals surface area contributed by atoms with Gasteiger partial charge in [0.2, 0.25) is 0 Å². The summed E-state index contributed by atoms with van der Waals surface area (Å²) >= 11 is 5.89. The number of aliphatic hydroxyl groups is 1. The highest BCUT2D eigenvalue weighted by atomic mass is 35.5. The molecule has 0 fully saturated rings. The second kappa shape index (κ2) is 5.99. The first-order valence-electron chi connectivity index (χ1n) is 5.54. The molecule has 2 aromatic rings. The molecule has 0 atom stereocenters. The molecule has 0 spiro atoms. The van der Waals surface area contributed by atoms with Crippen molar-refractivity contribution < 1.29 is 18.6 Å². The summed E-state index contributed by atoms with van der Waals surface area (Å²) in [4.78, 5) is 0. The number of benzene rings is 2. The van der Waals surface area contributed by atoms with Crippen molar-refractivity contribution in [3.8, 4) is 16.9 Å². The van der Waals surface area contributed by atoms with E-state index in [1.165, 1.54) is 6.07 Å². The number of hydrogen-bond donors (Lipinski definition) is 1. The molecule has 0 aliphatic heterocycles. The van der Waals surface area contributed by atoms with Gasteiger partial charge < -0.3 is 9.84 Å². The van der Waals surface area contributed by atoms with Crippen LogP contribution in [0.15, 0.2) is 42.5 Å². The van der Waals surface area contributed by atoms with E-state index in [1.54, 1.807) is 30.3 Å². The number of halogens is 3. The lowest BCUT2D eigenvalue weighted by Gasteiger charge is -2.11. The van der Waals surface area contributed by atoms with E-state index in [9.17, 15) is 8.78 Å². The van der Waals surface area contributed by atoms with E-state index in [2.05, 4.69) is 4.74 Å². The Morgan fingerprint density at radius 3 is 2.47 bits per heavy atom. The minimum Gasteiger partial charge on any atom is -0.434 e. The summed E-state index contributed by atoms with van der Waals surface area (Å²) in [6.07, 6.45) is 0. The highest BCUT2D eigenvalue weighted by Gasteiger charge is 2.11. The molecular formula is C14H11ClF2O2. The normalized spacial score (nSPS) is 10.8. The average Bonchev–Trinajstić information content (AvgIpc) is 2.38. The van der Waals surface area contributed by atoms with Crippen molar-refractivity contribution in [2.45, 2.75) is 13.2 Å². The Morgan fingerprint density at radius 1 is 1.11 bits per heavy atom. The third-order valence-corrected chi connectivity index (χ3v) is 2.85. The molecule has 19 heavy (non-hydrogen) atoms. The van der Waals surface area contributed by atoms with Crippen LogP contribution in [0.4, 0.5) is 8.78 Å². The van der Waals surface area contributed by atoms with Gasteiger partial charge in [0, 0.05) is 10.6 Å². The van der Waals surface area contributed by atoms with E-state index in [0.29, 0.717) is 16.1 Å². The van der Waals surface area contributed by atoms with Crippen LogP contribution in [0.25, 0.3) is 11.1 Å². The molecule has 2 aromatic carbocycles. The lowest BCUT2D eigenvalue weighted by atomic mass is 10.0. The minimum absolute atomic E-state index is 0.0324. The summed E-state index contributed by atoms with van der Waals surface area (Å²) < 4.78 is 29.0. The van der Waals surface area contributed by atoms with Crippen LogP contribution in [0.2, 0.25) is 5.02 Å². The molecule has 0 aliphatic rings. The van der Waals surface area contributed by atoms with Crippen LogP contribution >= 0.6 is 11.6 Å². The monoisotopic (exact) mass is 284 g/mol. The van der Waals surface area contributed by atoms with Crippen LogP contribution in [0.1, 0.15) is 5.56 Å². The van der Waals surface area contributed by atoms with Crippen LogP contribution < -0.4 is 4.74 Å². The standard InChI is InChI=1S/C14H11ClF2O2/c15-12-3-1-2-9(6-12)10-4-5-11(8-18)13(7-10)19-14(16)17/h1-7,14,18H,8H2. The molecule has 0 aromatic heterocycles. The summed E-state index contributed by atoms with van der Waals surface area (Å²) in [6.45, 7) is -3.29. The number of rotatable bonds is 4. The van der Waals surface area contributed by atoms with Crippen molar-refractivity contribution in [3.05, 3.63) is 53.1 Å². The summed E-state index contributed by atoms with van der Waals surface area (Å²) in [5, 5.41) is 9.65. The topological polar surface area (TPSA) is 29.5 Å². The first-order chi connectivity index (χ1) is 9.10. The Bertz CT molecular complexity index is 573. The maximum atomic E-state index is 12.3. The summed E-state index contributed by atoms with van der Waals surface area (Å²) in [6, 6.07) is 11.8. The van der Waals surface area contributed by atoms with E-state index in [0.717, 1.165) is 5.56 Å². The van der Waals surface area contributed by atoms with Gasteiger partial charge in [-0.2, -0.15) is 8.78 Å². The third kappa shape index (κ3) is 3.43. The zero-order valence-electron chi connectivity index (χ0n) is 9.82. The molecule has 0 amide bonds. The molecule has 0 heterocycles. The second-order valence-electron chi connectivity index (χ2n) is 3.87. The lowest BCUT2D eigenvalue weighted by Crippen LogP contribution is -2.04. The van der Waals surface area contributed by atoms with Gasteiger partial charge in [-0.15, -0.1) is 0 Å². The lowest BCUT2D eigenvalue weighted by molar-refractivity contribution is -0.0509. The Labute approximate surface area is 114 Å². The van der Waals surface area contributed by atoms with E-state index < -0.39 is 6.61 Å². The van der Waals surface area contributed by atoms with Crippen LogP contribution in [0.5, 0.6) is 5.75 Å². The maximum absolute atomic E-state index is 12.3. The van der Waals surface area contributed by atoms with Crippen molar-refractivity contribution in [2.75, 3.05) is 0 Å². The summed E-state index contributed by atoms with van der Waals surface area (Å²) in [5.41, 5.74) is 1.79. The van der Waals surface area contributed by atoms with Crippen molar-refractivity contribution in [2.24, 2.45) is 0 Å². The molecule has 1 N–H and O–H groups in total. The number of aliphatic hydroxyl groups excluding tert-OH is 1. The van der Waals surface area contributed by atoms with Gasteiger partial charge in [0.15, 0.2) is 0 Å². The first-order valence-corrected chi connectivity index (χ1v) is 5.92. The second-order valence-corrected chi connectivity index (χ2v) is 4.31. The van der Waals surface area contributed by atoms with Gasteiger partial charge >= 0.3 is 6.61 Å². The van der Waals surface area contributed by atoms with Crippen LogP contribution in [-0.2, 0) is 6.61 Å². The minimum atomic E-state index is -2.93. The average molecular weight is 285 g/mol. The zero-order chi connectivity index (χ0) is 13.8. The Hall–Kier alpha value is -1.65. The molecule has 0 saturated heterocycles. The van der Waals surface area contributed by atoms with Crippen molar-refractivity contribution >= 4 is 11.6 Å². The van der Waals surface area contributed by atoms with Crippen LogP contribution in [-0.4, -0.2) is 11.7 Å². The molecule has 0 saturated carbocycles. The highest BCUT2D eigenvalue weighted by Crippen LogP contribution is 2.29. The molecule has 0 aliphatic carbocycles. The van der Waals surface area contributed by atoms with Gasteiger partial charge in [-0.05, 0) is 29.3 Å². The van der Waals surface area contributed by atoms with Gasteiger partial charge in [0.05, 0.1) is 6.61 Å². The largest absolute Gasteiger partial charge is 0.434 e. The predicted octanol–water partition coefficient (Wildman–Crippen LogP) is 4.10. The molecule has 0 radical (unpaired) electrons. The van der Waals surface area contributed by atoms with Crippen molar-refractivity contribution in [3.63, 3.8) is 0 Å². The predicted molar refractivity (Wildman–Crippen MR) is 69.4 cm³/mol. The van der Waals surface area contributed by atoms with Crippen LogP contribution in [0.3, 0.4) is 0 Å². The maximum Gasteiger partial charge on any atom is 0.387 e. The summed E-state index contributed by atoms with van der Waals surface area (Å²) in [5.74, 6) is -0.0324. The SMILES string of the molecule is OCc1ccc(-c2cccc(Cl)c2)cc1OC(F)F. The fourth-order valence-corrected chi connectivity index (χ4v) is 1.93. The number of ether oxygens (including phenoxy) is 1. The van der Waals surface area contributed by atoms with Gasteiger partial charge in [0.1, 0.15) is 5.75 Å². The Balaban J connectivity index is 2.42.